The summed E-state index contributed by atoms with van der Waals surface area (Å²) in [4.78, 5) is 28.2. The number of nitrogens with zero attached hydrogens (tertiary/aromatic N) is 9. The fourth-order valence-electron chi connectivity index (χ4n) is 9.74. The van der Waals surface area contributed by atoms with E-state index in [4.69, 9.17) is 23.0 Å². The number of hydrogen-bond donors (Lipinski definition) is 0. The van der Waals surface area contributed by atoms with Crippen molar-refractivity contribution in [1.29, 1.82) is 0 Å². The topological polar surface area (TPSA) is 188 Å². The molecule has 0 bridgehead atoms. The lowest BCUT2D eigenvalue weighted by Gasteiger charge is -2.23. The van der Waals surface area contributed by atoms with E-state index in [1.807, 2.05) is 0 Å². The van der Waals surface area contributed by atoms with E-state index in [2.05, 4.69) is 63.6 Å². The Balaban J connectivity index is 1.82. The van der Waals surface area contributed by atoms with Crippen molar-refractivity contribution in [2.75, 3.05) is 39.5 Å². The van der Waals surface area contributed by atoms with Gasteiger partial charge in [0.2, 0.25) is 0 Å². The molecule has 17 nitrogen and oxygen atoms in total. The molecule has 2 aromatic heterocycles. The highest BCUT2D eigenvalue weighted by atomic mass is 31.2. The van der Waals surface area contributed by atoms with Gasteiger partial charge in [-0.25, -0.2) is 13.9 Å². The van der Waals surface area contributed by atoms with E-state index in [0.29, 0.717) is 64.8 Å². The summed E-state index contributed by atoms with van der Waals surface area (Å²) in [7, 11) is -3.83. The van der Waals surface area contributed by atoms with Crippen molar-refractivity contribution in [1.82, 2.24) is 45.3 Å². The van der Waals surface area contributed by atoms with Gasteiger partial charge >= 0.3 is 19.8 Å². The lowest BCUT2D eigenvalue weighted by molar-refractivity contribution is -0.151. The molecule has 0 aromatic carbocycles. The van der Waals surface area contributed by atoms with E-state index in [1.165, 1.54) is 128 Å². The van der Waals surface area contributed by atoms with Crippen LogP contribution in [0.25, 0.3) is 0 Å². The van der Waals surface area contributed by atoms with Gasteiger partial charge in [0.25, 0.3) is 0 Å². The van der Waals surface area contributed by atoms with Crippen LogP contribution in [0.15, 0.2) is 12.7 Å². The standard InChI is InChI=1S/C59H114N9O8P/c1-5-9-13-17-23-31-40-56(41-32-24-18-14-10-6-2)75-58(69)44-35-27-21-29-37-51-72-77(71,74-53-39-46-66(47-49-67-54-60-62-64-67)48-50-68-55-61-63-65-68)73-52-38-30-22-28-36-45-59(70)76-57(42-33-25-19-15-11-7-3)43-34-26-20-16-12-8-4/h54-57H,5-53H2,1-4H3. The summed E-state index contributed by atoms with van der Waals surface area (Å²) in [6.45, 7) is 13.0. The minimum Gasteiger partial charge on any atom is -0.462 e. The average Bonchev–Trinajstić information content (AvgIpc) is 4.17. The van der Waals surface area contributed by atoms with E-state index in [9.17, 15) is 14.2 Å². The first-order valence-corrected chi connectivity index (χ1v) is 33.3. The third-order valence-electron chi connectivity index (χ3n) is 14.6. The van der Waals surface area contributed by atoms with Crippen LogP contribution in [0.1, 0.15) is 291 Å². The molecule has 0 spiro atoms. The highest BCUT2D eigenvalue weighted by Crippen LogP contribution is 2.50. The maximum atomic E-state index is 14.1. The van der Waals surface area contributed by atoms with Crippen LogP contribution in [0.4, 0.5) is 0 Å². The Hall–Kier alpha value is -2.85. The smallest absolute Gasteiger partial charge is 0.462 e. The third kappa shape index (κ3) is 42.7. The predicted octanol–water partition coefficient (Wildman–Crippen LogP) is 15.7. The maximum absolute atomic E-state index is 14.1. The molecule has 0 aliphatic rings. The Bertz CT molecular complexity index is 1490. The van der Waals surface area contributed by atoms with Crippen LogP contribution in [-0.2, 0) is 50.3 Å². The van der Waals surface area contributed by atoms with Gasteiger partial charge in [-0.2, -0.15) is 0 Å². The third-order valence-corrected chi connectivity index (χ3v) is 16.1. The van der Waals surface area contributed by atoms with Gasteiger partial charge in [-0.15, -0.1) is 10.2 Å². The van der Waals surface area contributed by atoms with Gasteiger partial charge in [0, 0.05) is 32.5 Å². The second-order valence-corrected chi connectivity index (χ2v) is 23.4. The number of phosphoric ester groups is 1. The van der Waals surface area contributed by atoms with E-state index in [1.54, 1.807) is 22.0 Å². The van der Waals surface area contributed by atoms with Crippen LogP contribution in [0, 0.1) is 0 Å². The van der Waals surface area contributed by atoms with Gasteiger partial charge in [-0.05, 0) is 104 Å². The Morgan fingerprint density at radius 3 is 1.06 bits per heavy atom. The van der Waals surface area contributed by atoms with Crippen LogP contribution in [0.3, 0.4) is 0 Å². The molecule has 18 heteroatoms. The zero-order valence-electron chi connectivity index (χ0n) is 49.7. The van der Waals surface area contributed by atoms with Crippen LogP contribution in [0.5, 0.6) is 0 Å². The number of ether oxygens (including phenoxy) is 2. The quantitative estimate of drug-likeness (QED) is 0.0345. The molecule has 0 aliphatic carbocycles. The number of carbonyl (C=O) groups excluding carboxylic acids is 2. The summed E-state index contributed by atoms with van der Waals surface area (Å²) in [6.07, 6.45) is 47.1. The molecule has 0 saturated heterocycles. The Kier molecular flexibility index (Phi) is 46.8. The first-order valence-electron chi connectivity index (χ1n) is 31.9. The molecule has 0 radical (unpaired) electrons. The zero-order chi connectivity index (χ0) is 55.4. The van der Waals surface area contributed by atoms with Crippen LogP contribution in [-0.4, -0.2) is 109 Å². The molecule has 0 atom stereocenters. The van der Waals surface area contributed by atoms with Crippen molar-refractivity contribution in [2.45, 2.75) is 316 Å². The molecule has 2 rings (SSSR count). The maximum Gasteiger partial charge on any atom is 0.474 e. The molecule has 0 saturated carbocycles. The number of unbranched alkanes of at least 4 members (excludes halogenated alkanes) is 28. The minimum absolute atomic E-state index is 0.0434. The number of rotatable bonds is 59. The van der Waals surface area contributed by atoms with E-state index in [0.717, 1.165) is 103 Å². The number of hydrogen-bond acceptors (Lipinski definition) is 15. The fraction of sp³-hybridized carbons (Fsp3) is 0.932. The lowest BCUT2D eigenvalue weighted by atomic mass is 10.0. The summed E-state index contributed by atoms with van der Waals surface area (Å²) in [5, 5.41) is 23.0. The number of tetrazole rings is 2. The molecule has 0 N–H and O–H groups in total. The molecule has 0 fully saturated rings. The summed E-state index contributed by atoms with van der Waals surface area (Å²) in [6, 6.07) is 0. The normalized spacial score (nSPS) is 12.0. The molecule has 0 aliphatic heterocycles. The van der Waals surface area contributed by atoms with Crippen molar-refractivity contribution in [3.63, 3.8) is 0 Å². The van der Waals surface area contributed by atoms with Crippen molar-refractivity contribution in [3.05, 3.63) is 12.7 Å². The van der Waals surface area contributed by atoms with Gasteiger partial charge in [-0.3, -0.25) is 28.1 Å². The monoisotopic (exact) mass is 1110 g/mol. The van der Waals surface area contributed by atoms with Crippen molar-refractivity contribution in [3.8, 4) is 0 Å². The van der Waals surface area contributed by atoms with Gasteiger partial charge in [0.1, 0.15) is 24.9 Å². The summed E-state index contributed by atoms with van der Waals surface area (Å²) in [5.41, 5.74) is 0. The van der Waals surface area contributed by atoms with Gasteiger partial charge in [0.05, 0.1) is 32.9 Å². The Labute approximate surface area is 468 Å². The molecule has 2 aromatic rings. The van der Waals surface area contributed by atoms with E-state index in [-0.39, 0.29) is 44.0 Å². The van der Waals surface area contributed by atoms with Gasteiger partial charge in [-0.1, -0.05) is 195 Å². The van der Waals surface area contributed by atoms with Crippen molar-refractivity contribution >= 4 is 19.8 Å². The van der Waals surface area contributed by atoms with E-state index < -0.39 is 7.82 Å². The van der Waals surface area contributed by atoms with Gasteiger partial charge < -0.3 is 9.47 Å². The van der Waals surface area contributed by atoms with Crippen LogP contribution < -0.4 is 0 Å². The first kappa shape index (κ1) is 70.3. The largest absolute Gasteiger partial charge is 0.474 e. The van der Waals surface area contributed by atoms with Crippen molar-refractivity contribution in [2.24, 2.45) is 0 Å². The first-order chi connectivity index (χ1) is 37.8. The number of carbonyl (C=O) groups is 2. The minimum atomic E-state index is -3.83. The van der Waals surface area contributed by atoms with Crippen LogP contribution >= 0.6 is 7.82 Å². The highest BCUT2D eigenvalue weighted by molar-refractivity contribution is 7.48. The molecule has 2 heterocycles. The number of aromatic nitrogens is 8. The summed E-state index contributed by atoms with van der Waals surface area (Å²) >= 11 is 0. The molecule has 0 amide bonds. The molecule has 77 heavy (non-hydrogen) atoms. The fourth-order valence-corrected chi connectivity index (χ4v) is 11.0. The second-order valence-electron chi connectivity index (χ2n) is 21.8. The Morgan fingerprint density at radius 2 is 0.727 bits per heavy atom. The van der Waals surface area contributed by atoms with Crippen molar-refractivity contribution < 1.29 is 37.2 Å². The number of esters is 2. The molecule has 0 unspecified atom stereocenters. The van der Waals surface area contributed by atoms with Gasteiger partial charge in [0.15, 0.2) is 0 Å². The average molecular weight is 1110 g/mol. The molecular formula is C59H114N9O8P. The summed E-state index contributed by atoms with van der Waals surface area (Å²) in [5.74, 6) is -0.121. The van der Waals surface area contributed by atoms with E-state index >= 15 is 0 Å². The second kappa shape index (κ2) is 51.3. The number of phosphoric acid groups is 1. The summed E-state index contributed by atoms with van der Waals surface area (Å²) < 4.78 is 47.5. The van der Waals surface area contributed by atoms with Crippen LogP contribution in [0.2, 0.25) is 0 Å². The lowest BCUT2D eigenvalue weighted by Crippen LogP contribution is -2.32. The molecular weight excluding hydrogens is 994 g/mol. The Morgan fingerprint density at radius 1 is 0.416 bits per heavy atom. The predicted molar refractivity (Wildman–Crippen MR) is 309 cm³/mol. The highest BCUT2D eigenvalue weighted by Gasteiger charge is 2.26. The SMILES string of the molecule is CCCCCCCCC(CCCCCCCC)OC(=O)CCCCCCCOP(=O)(OCCCCCCCC(=O)OC(CCCCCCCC)CCCCCCCC)OCCCN(CCn1cnnn1)CCn1cnnn1. The molecule has 448 valence electrons. The zero-order valence-corrected chi connectivity index (χ0v) is 50.6.